The third-order valence-corrected chi connectivity index (χ3v) is 2.84. The molecule has 98 valence electrons. The van der Waals surface area contributed by atoms with Gasteiger partial charge in [0, 0.05) is 7.05 Å². The third kappa shape index (κ3) is 3.35. The highest BCUT2D eigenvalue weighted by Gasteiger charge is 2.10. The fourth-order valence-electron chi connectivity index (χ4n) is 1.88. The summed E-state index contributed by atoms with van der Waals surface area (Å²) < 4.78 is 5.74. The molecule has 0 unspecified atom stereocenters. The smallest absolute Gasteiger partial charge is 0.254 e. The summed E-state index contributed by atoms with van der Waals surface area (Å²) in [6.07, 6.45) is 0. The van der Waals surface area contributed by atoms with Crippen molar-refractivity contribution in [1.82, 2.24) is 5.32 Å². The number of ether oxygens (including phenoxy) is 1. The molecule has 0 aliphatic carbocycles. The van der Waals surface area contributed by atoms with E-state index in [0.29, 0.717) is 17.9 Å². The highest BCUT2D eigenvalue weighted by molar-refractivity contribution is 5.96. The number of rotatable bonds is 4. The molecule has 1 amide bonds. The minimum absolute atomic E-state index is 0.139. The summed E-state index contributed by atoms with van der Waals surface area (Å²) in [5.41, 5.74) is 2.84. The molecule has 0 fully saturated rings. The second-order valence-corrected chi connectivity index (χ2v) is 4.35. The first kappa shape index (κ1) is 13.1. The number of hydrogen-bond donors (Lipinski definition) is 1. The largest absolute Gasteiger partial charge is 0.488 e. The van der Waals surface area contributed by atoms with Crippen molar-refractivity contribution in [3.63, 3.8) is 0 Å². The van der Waals surface area contributed by atoms with E-state index in [9.17, 15) is 4.79 Å². The van der Waals surface area contributed by atoms with Gasteiger partial charge in [-0.15, -0.1) is 0 Å². The maximum absolute atomic E-state index is 11.7. The number of amides is 1. The van der Waals surface area contributed by atoms with Crippen molar-refractivity contribution in [3.8, 4) is 5.75 Å². The van der Waals surface area contributed by atoms with Gasteiger partial charge < -0.3 is 10.1 Å². The van der Waals surface area contributed by atoms with Crippen LogP contribution >= 0.6 is 0 Å². The first-order valence-electron chi connectivity index (χ1n) is 6.20. The molecule has 2 rings (SSSR count). The lowest BCUT2D eigenvalue weighted by atomic mass is 10.1. The second-order valence-electron chi connectivity index (χ2n) is 4.35. The van der Waals surface area contributed by atoms with E-state index in [1.807, 2.05) is 37.3 Å². The van der Waals surface area contributed by atoms with Crippen LogP contribution < -0.4 is 10.1 Å². The van der Waals surface area contributed by atoms with Crippen molar-refractivity contribution in [3.05, 3.63) is 65.2 Å². The molecule has 3 nitrogen and oxygen atoms in total. The Morgan fingerprint density at radius 3 is 2.68 bits per heavy atom. The Morgan fingerprint density at radius 2 is 1.95 bits per heavy atom. The third-order valence-electron chi connectivity index (χ3n) is 2.84. The summed E-state index contributed by atoms with van der Waals surface area (Å²) in [4.78, 5) is 11.7. The zero-order valence-electron chi connectivity index (χ0n) is 11.1. The normalized spacial score (nSPS) is 10.0. The van der Waals surface area contributed by atoms with E-state index >= 15 is 0 Å². The molecule has 0 radical (unpaired) electrons. The standard InChI is InChI=1S/C16H17NO2/c1-12-6-5-7-13(10-12)11-19-15-9-4-3-8-14(15)16(18)17-2/h3-10H,11H2,1-2H3,(H,17,18). The van der Waals surface area contributed by atoms with Crippen molar-refractivity contribution in [2.75, 3.05) is 7.05 Å². The Bertz CT molecular complexity index is 578. The van der Waals surface area contributed by atoms with Crippen LogP contribution in [0.1, 0.15) is 21.5 Å². The zero-order valence-corrected chi connectivity index (χ0v) is 11.1. The molecule has 3 heteroatoms. The molecule has 0 atom stereocenters. The van der Waals surface area contributed by atoms with Gasteiger partial charge in [0.1, 0.15) is 12.4 Å². The number of hydrogen-bond acceptors (Lipinski definition) is 2. The molecule has 0 bridgehead atoms. The van der Waals surface area contributed by atoms with Crippen LogP contribution in [-0.4, -0.2) is 13.0 Å². The summed E-state index contributed by atoms with van der Waals surface area (Å²) in [5.74, 6) is 0.461. The van der Waals surface area contributed by atoms with Gasteiger partial charge in [-0.25, -0.2) is 0 Å². The van der Waals surface area contributed by atoms with E-state index in [1.165, 1.54) is 5.56 Å². The highest BCUT2D eigenvalue weighted by atomic mass is 16.5. The Labute approximate surface area is 113 Å². The minimum Gasteiger partial charge on any atom is -0.488 e. The van der Waals surface area contributed by atoms with Gasteiger partial charge in [0.2, 0.25) is 0 Å². The van der Waals surface area contributed by atoms with Crippen LogP contribution in [-0.2, 0) is 6.61 Å². The average Bonchev–Trinajstić information content (AvgIpc) is 2.45. The van der Waals surface area contributed by atoms with Crippen molar-refractivity contribution in [2.24, 2.45) is 0 Å². The van der Waals surface area contributed by atoms with Crippen LogP contribution in [0, 0.1) is 6.92 Å². The molecule has 1 N–H and O–H groups in total. The lowest BCUT2D eigenvalue weighted by Gasteiger charge is -2.10. The van der Waals surface area contributed by atoms with Crippen molar-refractivity contribution in [1.29, 1.82) is 0 Å². The van der Waals surface area contributed by atoms with Gasteiger partial charge in [-0.3, -0.25) is 4.79 Å². The van der Waals surface area contributed by atoms with Gasteiger partial charge in [-0.2, -0.15) is 0 Å². The van der Waals surface area contributed by atoms with Crippen LogP contribution in [0.2, 0.25) is 0 Å². The molecule has 0 aromatic heterocycles. The monoisotopic (exact) mass is 255 g/mol. The van der Waals surface area contributed by atoms with Crippen LogP contribution in [0.15, 0.2) is 48.5 Å². The van der Waals surface area contributed by atoms with E-state index in [0.717, 1.165) is 5.56 Å². The topological polar surface area (TPSA) is 38.3 Å². The SMILES string of the molecule is CNC(=O)c1ccccc1OCc1cccc(C)c1. The van der Waals surface area contributed by atoms with Crippen LogP contribution in [0.3, 0.4) is 0 Å². The number of nitrogens with one attached hydrogen (secondary N) is 1. The van der Waals surface area contributed by atoms with Gasteiger partial charge in [-0.05, 0) is 24.6 Å². The fourth-order valence-corrected chi connectivity index (χ4v) is 1.88. The average molecular weight is 255 g/mol. The van der Waals surface area contributed by atoms with Crippen LogP contribution in [0.4, 0.5) is 0 Å². The molecule has 19 heavy (non-hydrogen) atoms. The van der Waals surface area contributed by atoms with Gasteiger partial charge in [0.15, 0.2) is 0 Å². The number of para-hydroxylation sites is 1. The maximum Gasteiger partial charge on any atom is 0.254 e. The Balaban J connectivity index is 2.13. The van der Waals surface area contributed by atoms with E-state index in [4.69, 9.17) is 4.74 Å². The van der Waals surface area contributed by atoms with Gasteiger partial charge in [0.05, 0.1) is 5.56 Å². The first-order chi connectivity index (χ1) is 9.20. The summed E-state index contributed by atoms with van der Waals surface area (Å²) in [6, 6.07) is 15.4. The maximum atomic E-state index is 11.7. The highest BCUT2D eigenvalue weighted by Crippen LogP contribution is 2.19. The predicted molar refractivity (Wildman–Crippen MR) is 75.3 cm³/mol. The number of carbonyl (C=O) groups excluding carboxylic acids is 1. The summed E-state index contributed by atoms with van der Waals surface area (Å²) in [7, 11) is 1.61. The summed E-state index contributed by atoms with van der Waals surface area (Å²) in [6.45, 7) is 2.50. The minimum atomic E-state index is -0.139. The van der Waals surface area contributed by atoms with E-state index in [2.05, 4.69) is 11.4 Å². The number of aryl methyl sites for hydroxylation is 1. The second kappa shape index (κ2) is 6.05. The van der Waals surface area contributed by atoms with Crippen LogP contribution in [0.25, 0.3) is 0 Å². The Kier molecular flexibility index (Phi) is 4.18. The van der Waals surface area contributed by atoms with Crippen LogP contribution in [0.5, 0.6) is 5.75 Å². The lowest BCUT2D eigenvalue weighted by molar-refractivity contribution is 0.0958. The van der Waals surface area contributed by atoms with Gasteiger partial charge in [-0.1, -0.05) is 42.0 Å². The van der Waals surface area contributed by atoms with E-state index < -0.39 is 0 Å². The van der Waals surface area contributed by atoms with Crippen molar-refractivity contribution < 1.29 is 9.53 Å². The molecule has 0 saturated heterocycles. The lowest BCUT2D eigenvalue weighted by Crippen LogP contribution is -2.18. The molecular formula is C16H17NO2. The molecule has 2 aromatic carbocycles. The van der Waals surface area contributed by atoms with Gasteiger partial charge >= 0.3 is 0 Å². The molecule has 0 aliphatic rings. The van der Waals surface area contributed by atoms with E-state index in [-0.39, 0.29) is 5.91 Å². The zero-order chi connectivity index (χ0) is 13.7. The fraction of sp³-hybridized carbons (Fsp3) is 0.188. The Hall–Kier alpha value is -2.29. The molecule has 0 aliphatic heterocycles. The quantitative estimate of drug-likeness (QED) is 0.912. The van der Waals surface area contributed by atoms with Gasteiger partial charge in [0.25, 0.3) is 5.91 Å². The van der Waals surface area contributed by atoms with Crippen molar-refractivity contribution in [2.45, 2.75) is 13.5 Å². The summed E-state index contributed by atoms with van der Waals surface area (Å²) >= 11 is 0. The van der Waals surface area contributed by atoms with Crippen molar-refractivity contribution >= 4 is 5.91 Å². The number of benzene rings is 2. The molecular weight excluding hydrogens is 238 g/mol. The molecule has 0 spiro atoms. The molecule has 0 saturated carbocycles. The first-order valence-corrected chi connectivity index (χ1v) is 6.20. The molecule has 2 aromatic rings. The number of carbonyl (C=O) groups is 1. The Morgan fingerprint density at radius 1 is 1.16 bits per heavy atom. The summed E-state index contributed by atoms with van der Waals surface area (Å²) in [5, 5.41) is 2.61. The molecule has 0 heterocycles. The predicted octanol–water partition coefficient (Wildman–Crippen LogP) is 2.93. The van der Waals surface area contributed by atoms with E-state index in [1.54, 1.807) is 19.2 Å².